The van der Waals surface area contributed by atoms with Crippen molar-refractivity contribution in [3.63, 3.8) is 0 Å². The molecule has 2 heteroatoms. The van der Waals surface area contributed by atoms with Crippen molar-refractivity contribution in [1.82, 2.24) is 5.32 Å². The third kappa shape index (κ3) is 3.56. The third-order valence-corrected chi connectivity index (χ3v) is 4.59. The van der Waals surface area contributed by atoms with E-state index in [0.717, 1.165) is 23.5 Å². The number of nitrogens with one attached hydrogen (secondary N) is 1. The van der Waals surface area contributed by atoms with Crippen LogP contribution < -0.4 is 5.32 Å². The zero-order valence-corrected chi connectivity index (χ0v) is 12.4. The summed E-state index contributed by atoms with van der Waals surface area (Å²) in [5.74, 6) is 0.793. The molecule has 0 amide bonds. The predicted molar refractivity (Wildman–Crippen MR) is 78.9 cm³/mol. The Kier molecular flexibility index (Phi) is 4.98. The highest BCUT2D eigenvalue weighted by atomic mass is 19.1. The summed E-state index contributed by atoms with van der Waals surface area (Å²) in [4.78, 5) is 0. The number of rotatable bonds is 5. The summed E-state index contributed by atoms with van der Waals surface area (Å²) in [7, 11) is 2.02. The molecule has 0 bridgehead atoms. The van der Waals surface area contributed by atoms with Gasteiger partial charge < -0.3 is 5.32 Å². The average molecular weight is 263 g/mol. The molecule has 2 rings (SSSR count). The zero-order valence-electron chi connectivity index (χ0n) is 12.4. The van der Waals surface area contributed by atoms with Gasteiger partial charge in [-0.05, 0) is 68.5 Å². The lowest BCUT2D eigenvalue weighted by Crippen LogP contribution is -2.19. The van der Waals surface area contributed by atoms with Gasteiger partial charge in [0.25, 0.3) is 0 Å². The topological polar surface area (TPSA) is 12.0 Å². The molecule has 1 aromatic carbocycles. The largest absolute Gasteiger partial charge is 0.313 e. The predicted octanol–water partition coefficient (Wildman–Crippen LogP) is 4.67. The molecule has 1 N–H and O–H groups in total. The van der Waals surface area contributed by atoms with Gasteiger partial charge in [-0.25, -0.2) is 4.39 Å². The molecule has 1 fully saturated rings. The van der Waals surface area contributed by atoms with Crippen LogP contribution in [0.3, 0.4) is 0 Å². The van der Waals surface area contributed by atoms with Crippen molar-refractivity contribution in [2.24, 2.45) is 5.92 Å². The molecule has 0 radical (unpaired) electrons. The van der Waals surface area contributed by atoms with Crippen LogP contribution in [-0.4, -0.2) is 7.05 Å². The van der Waals surface area contributed by atoms with E-state index in [1.165, 1.54) is 37.7 Å². The Hall–Kier alpha value is -0.890. The Balaban J connectivity index is 2.08. The molecule has 1 nitrogen and oxygen atoms in total. The molecule has 0 aliphatic heterocycles. The van der Waals surface area contributed by atoms with Gasteiger partial charge in [0.1, 0.15) is 5.82 Å². The fourth-order valence-corrected chi connectivity index (χ4v) is 3.61. The second kappa shape index (κ2) is 6.51. The van der Waals surface area contributed by atoms with E-state index in [1.807, 2.05) is 20.9 Å². The molecular weight excluding hydrogens is 237 g/mol. The molecule has 19 heavy (non-hydrogen) atoms. The van der Waals surface area contributed by atoms with Gasteiger partial charge in [0.2, 0.25) is 0 Å². The maximum atomic E-state index is 13.4. The first kappa shape index (κ1) is 14.5. The maximum absolute atomic E-state index is 13.4. The van der Waals surface area contributed by atoms with Crippen LogP contribution >= 0.6 is 0 Å². The van der Waals surface area contributed by atoms with E-state index in [2.05, 4.69) is 5.32 Å². The standard InChI is InChI=1S/C17H26FN/c1-12-10-15(18)11-13(2)17(12)16(19-3)9-8-14-6-4-5-7-14/h10-11,14,16,19H,4-9H2,1-3H3. The number of hydrogen-bond acceptors (Lipinski definition) is 1. The van der Waals surface area contributed by atoms with E-state index in [0.29, 0.717) is 6.04 Å². The van der Waals surface area contributed by atoms with E-state index in [-0.39, 0.29) is 5.82 Å². The lowest BCUT2D eigenvalue weighted by molar-refractivity contribution is 0.425. The summed E-state index contributed by atoms with van der Waals surface area (Å²) in [6.07, 6.45) is 8.07. The normalized spacial score (nSPS) is 17.9. The first-order valence-electron chi connectivity index (χ1n) is 7.55. The third-order valence-electron chi connectivity index (χ3n) is 4.59. The Morgan fingerprint density at radius 2 is 1.79 bits per heavy atom. The van der Waals surface area contributed by atoms with Gasteiger partial charge >= 0.3 is 0 Å². The van der Waals surface area contributed by atoms with Crippen LogP contribution in [0.1, 0.15) is 61.3 Å². The highest BCUT2D eigenvalue weighted by molar-refractivity contribution is 5.36. The van der Waals surface area contributed by atoms with E-state index in [9.17, 15) is 4.39 Å². The number of benzene rings is 1. The minimum Gasteiger partial charge on any atom is -0.313 e. The van der Waals surface area contributed by atoms with Crippen molar-refractivity contribution in [3.8, 4) is 0 Å². The van der Waals surface area contributed by atoms with E-state index in [4.69, 9.17) is 0 Å². The molecule has 0 aromatic heterocycles. The summed E-state index contributed by atoms with van der Waals surface area (Å²) in [5, 5.41) is 3.42. The molecule has 0 spiro atoms. The van der Waals surface area contributed by atoms with Crippen molar-refractivity contribution in [3.05, 3.63) is 34.6 Å². The van der Waals surface area contributed by atoms with Gasteiger partial charge in [-0.2, -0.15) is 0 Å². The Morgan fingerprint density at radius 3 is 2.32 bits per heavy atom. The van der Waals surface area contributed by atoms with Gasteiger partial charge in [-0.3, -0.25) is 0 Å². The summed E-state index contributed by atoms with van der Waals surface area (Å²) < 4.78 is 13.4. The van der Waals surface area contributed by atoms with Crippen molar-refractivity contribution in [2.45, 2.75) is 58.4 Å². The number of halogens is 1. The van der Waals surface area contributed by atoms with Gasteiger partial charge in [0.15, 0.2) is 0 Å². The number of hydrogen-bond donors (Lipinski definition) is 1. The summed E-state index contributed by atoms with van der Waals surface area (Å²) >= 11 is 0. The highest BCUT2D eigenvalue weighted by Crippen LogP contribution is 2.33. The van der Waals surface area contributed by atoms with E-state index < -0.39 is 0 Å². The fourth-order valence-electron chi connectivity index (χ4n) is 3.61. The maximum Gasteiger partial charge on any atom is 0.123 e. The van der Waals surface area contributed by atoms with Crippen LogP contribution in [0.5, 0.6) is 0 Å². The van der Waals surface area contributed by atoms with Gasteiger partial charge in [-0.1, -0.05) is 25.7 Å². The lowest BCUT2D eigenvalue weighted by Gasteiger charge is -2.22. The molecule has 0 saturated heterocycles. The zero-order chi connectivity index (χ0) is 13.8. The monoisotopic (exact) mass is 263 g/mol. The molecule has 1 atom stereocenters. The van der Waals surface area contributed by atoms with Crippen LogP contribution in [0.25, 0.3) is 0 Å². The van der Waals surface area contributed by atoms with Crippen LogP contribution in [0.2, 0.25) is 0 Å². The van der Waals surface area contributed by atoms with Gasteiger partial charge in [-0.15, -0.1) is 0 Å². The second-order valence-electron chi connectivity index (χ2n) is 6.02. The molecule has 1 saturated carbocycles. The molecule has 1 aliphatic carbocycles. The summed E-state index contributed by atoms with van der Waals surface area (Å²) in [6.45, 7) is 4.04. The van der Waals surface area contributed by atoms with Crippen LogP contribution in [0.15, 0.2) is 12.1 Å². The van der Waals surface area contributed by atoms with Crippen LogP contribution in [-0.2, 0) is 0 Å². The molecule has 0 heterocycles. The minimum absolute atomic E-state index is 0.121. The molecule has 1 aliphatic rings. The Labute approximate surface area is 116 Å². The first-order chi connectivity index (χ1) is 9.11. The van der Waals surface area contributed by atoms with Gasteiger partial charge in [0.05, 0.1) is 0 Å². The molecule has 1 aromatic rings. The second-order valence-corrected chi connectivity index (χ2v) is 6.02. The SMILES string of the molecule is CNC(CCC1CCCC1)c1c(C)cc(F)cc1C. The first-order valence-corrected chi connectivity index (χ1v) is 7.55. The lowest BCUT2D eigenvalue weighted by atomic mass is 9.90. The average Bonchev–Trinajstić information content (AvgIpc) is 2.85. The molecular formula is C17H26FN. The highest BCUT2D eigenvalue weighted by Gasteiger charge is 2.20. The Bertz CT molecular complexity index is 398. The van der Waals surface area contributed by atoms with Crippen LogP contribution in [0.4, 0.5) is 4.39 Å². The fraction of sp³-hybridized carbons (Fsp3) is 0.647. The van der Waals surface area contributed by atoms with Crippen molar-refractivity contribution >= 4 is 0 Å². The molecule has 106 valence electrons. The summed E-state index contributed by atoms with van der Waals surface area (Å²) in [6, 6.07) is 3.67. The van der Waals surface area contributed by atoms with Gasteiger partial charge in [0, 0.05) is 6.04 Å². The Morgan fingerprint density at radius 1 is 1.21 bits per heavy atom. The smallest absolute Gasteiger partial charge is 0.123 e. The minimum atomic E-state index is -0.121. The van der Waals surface area contributed by atoms with Crippen LogP contribution in [0, 0.1) is 25.6 Å². The summed E-state index contributed by atoms with van der Waals surface area (Å²) in [5.41, 5.74) is 3.44. The van der Waals surface area contributed by atoms with Crippen molar-refractivity contribution in [1.29, 1.82) is 0 Å². The van der Waals surface area contributed by atoms with Crippen molar-refractivity contribution in [2.75, 3.05) is 7.05 Å². The number of aryl methyl sites for hydroxylation is 2. The molecule has 1 unspecified atom stereocenters. The quantitative estimate of drug-likeness (QED) is 0.813. The van der Waals surface area contributed by atoms with Crippen molar-refractivity contribution < 1.29 is 4.39 Å². The van der Waals surface area contributed by atoms with E-state index >= 15 is 0 Å². The van der Waals surface area contributed by atoms with E-state index in [1.54, 1.807) is 12.1 Å².